The van der Waals surface area contributed by atoms with E-state index < -0.39 is 18.1 Å². The average molecular weight is 252 g/mol. The van der Waals surface area contributed by atoms with Crippen LogP contribution < -0.4 is 0 Å². The van der Waals surface area contributed by atoms with E-state index in [1.807, 2.05) is 0 Å². The molecule has 1 heterocycles. The van der Waals surface area contributed by atoms with E-state index in [0.29, 0.717) is 0 Å². The number of aromatic carboxylic acids is 1. The highest BCUT2D eigenvalue weighted by Gasteiger charge is 2.13. The Labute approximate surface area is 80.5 Å². The van der Waals surface area contributed by atoms with Gasteiger partial charge in [-0.2, -0.15) is 0 Å². The molecule has 1 aromatic heterocycles. The van der Waals surface area contributed by atoms with E-state index in [2.05, 4.69) is 20.9 Å². The smallest absolute Gasteiger partial charge is 0.354 e. The summed E-state index contributed by atoms with van der Waals surface area (Å²) in [5.74, 6) is -1.33. The topological polar surface area (TPSA) is 50.2 Å². The fourth-order valence-electron chi connectivity index (χ4n) is 0.752. The second-order valence-electron chi connectivity index (χ2n) is 2.21. The SMILES string of the molecule is O=C(O)c1cc(C(F)F)cc(Br)n1. The zero-order chi connectivity index (χ0) is 10.0. The molecular formula is C7H4BrF2NO2. The predicted octanol–water partition coefficient (Wildman–Crippen LogP) is 2.48. The molecule has 1 N–H and O–H groups in total. The Kier molecular flexibility index (Phi) is 2.92. The minimum atomic E-state index is -2.70. The van der Waals surface area contributed by atoms with Crippen LogP contribution in [-0.2, 0) is 0 Å². The van der Waals surface area contributed by atoms with Crippen molar-refractivity contribution in [3.63, 3.8) is 0 Å². The maximum atomic E-state index is 12.1. The molecule has 0 unspecified atom stereocenters. The lowest BCUT2D eigenvalue weighted by atomic mass is 10.2. The molecule has 0 fully saturated rings. The molecule has 0 bridgehead atoms. The number of pyridine rings is 1. The second-order valence-corrected chi connectivity index (χ2v) is 3.03. The van der Waals surface area contributed by atoms with Crippen LogP contribution in [0.5, 0.6) is 0 Å². The molecule has 70 valence electrons. The molecule has 0 saturated carbocycles. The van der Waals surface area contributed by atoms with Crippen molar-refractivity contribution in [3.8, 4) is 0 Å². The Hall–Kier alpha value is -1.04. The number of carboxylic acids is 1. The Morgan fingerprint density at radius 2 is 2.15 bits per heavy atom. The lowest BCUT2D eigenvalue weighted by Crippen LogP contribution is -2.02. The molecule has 0 saturated heterocycles. The van der Waals surface area contributed by atoms with Crippen LogP contribution in [-0.4, -0.2) is 16.1 Å². The Bertz CT molecular complexity index is 343. The van der Waals surface area contributed by atoms with Gasteiger partial charge in [-0.15, -0.1) is 0 Å². The van der Waals surface area contributed by atoms with Gasteiger partial charge in [0.15, 0.2) is 0 Å². The van der Waals surface area contributed by atoms with Crippen molar-refractivity contribution < 1.29 is 18.7 Å². The number of aromatic nitrogens is 1. The van der Waals surface area contributed by atoms with Crippen LogP contribution in [0.4, 0.5) is 8.78 Å². The lowest BCUT2D eigenvalue weighted by molar-refractivity contribution is 0.0689. The fraction of sp³-hybridized carbons (Fsp3) is 0.143. The van der Waals surface area contributed by atoms with E-state index in [4.69, 9.17) is 5.11 Å². The van der Waals surface area contributed by atoms with Crippen LogP contribution in [0.25, 0.3) is 0 Å². The number of alkyl halides is 2. The van der Waals surface area contributed by atoms with E-state index in [1.165, 1.54) is 0 Å². The highest BCUT2D eigenvalue weighted by atomic mass is 79.9. The largest absolute Gasteiger partial charge is 0.477 e. The summed E-state index contributed by atoms with van der Waals surface area (Å²) in [7, 11) is 0. The molecular weight excluding hydrogens is 248 g/mol. The van der Waals surface area contributed by atoms with E-state index in [9.17, 15) is 13.6 Å². The third-order valence-corrected chi connectivity index (χ3v) is 1.69. The molecule has 1 rings (SSSR count). The standard InChI is InChI=1S/C7H4BrF2NO2/c8-5-2-3(6(9)10)1-4(11-5)7(12)13/h1-2,6H,(H,12,13). The summed E-state index contributed by atoms with van der Waals surface area (Å²) in [6.45, 7) is 0. The molecule has 0 aliphatic rings. The molecule has 6 heteroatoms. The summed E-state index contributed by atoms with van der Waals surface area (Å²) >= 11 is 2.84. The van der Waals surface area contributed by atoms with Crippen LogP contribution in [0.3, 0.4) is 0 Å². The molecule has 0 atom stereocenters. The number of rotatable bonds is 2. The molecule has 0 aliphatic heterocycles. The van der Waals surface area contributed by atoms with Crippen molar-refractivity contribution in [1.82, 2.24) is 4.98 Å². The second kappa shape index (κ2) is 3.78. The number of hydrogen-bond acceptors (Lipinski definition) is 2. The van der Waals surface area contributed by atoms with Gasteiger partial charge in [0.25, 0.3) is 6.43 Å². The first-order valence-electron chi connectivity index (χ1n) is 3.19. The number of nitrogens with zero attached hydrogens (tertiary/aromatic N) is 1. The van der Waals surface area contributed by atoms with E-state index in [-0.39, 0.29) is 10.2 Å². The molecule has 13 heavy (non-hydrogen) atoms. The molecule has 3 nitrogen and oxygen atoms in total. The summed E-state index contributed by atoms with van der Waals surface area (Å²) in [4.78, 5) is 13.9. The summed E-state index contributed by atoms with van der Waals surface area (Å²) in [5.41, 5.74) is -0.760. The maximum Gasteiger partial charge on any atom is 0.354 e. The van der Waals surface area contributed by atoms with Crippen LogP contribution in [0, 0.1) is 0 Å². The minimum absolute atomic E-state index is 0.0858. The first kappa shape index (κ1) is 10.0. The summed E-state index contributed by atoms with van der Waals surface area (Å²) < 4.78 is 24.4. The van der Waals surface area contributed by atoms with E-state index in [1.54, 1.807) is 0 Å². The molecule has 0 spiro atoms. The molecule has 0 amide bonds. The predicted molar refractivity (Wildman–Crippen MR) is 43.9 cm³/mol. The maximum absolute atomic E-state index is 12.1. The van der Waals surface area contributed by atoms with Crippen molar-refractivity contribution >= 4 is 21.9 Å². The fourth-order valence-corrected chi connectivity index (χ4v) is 1.21. The molecule has 0 aromatic carbocycles. The third-order valence-electron chi connectivity index (χ3n) is 1.29. The Morgan fingerprint density at radius 1 is 1.54 bits per heavy atom. The van der Waals surface area contributed by atoms with Gasteiger partial charge in [-0.25, -0.2) is 18.6 Å². The average Bonchev–Trinajstić information content (AvgIpc) is 2.03. The van der Waals surface area contributed by atoms with Crippen molar-refractivity contribution in [1.29, 1.82) is 0 Å². The quantitative estimate of drug-likeness (QED) is 0.822. The van der Waals surface area contributed by atoms with Gasteiger partial charge in [0.2, 0.25) is 0 Å². The first-order valence-corrected chi connectivity index (χ1v) is 3.99. The zero-order valence-electron chi connectivity index (χ0n) is 6.17. The van der Waals surface area contributed by atoms with Crippen LogP contribution in [0.15, 0.2) is 16.7 Å². The van der Waals surface area contributed by atoms with Gasteiger partial charge in [0.1, 0.15) is 10.3 Å². The Morgan fingerprint density at radius 3 is 2.62 bits per heavy atom. The van der Waals surface area contributed by atoms with Crippen molar-refractivity contribution in [2.24, 2.45) is 0 Å². The third kappa shape index (κ3) is 2.45. The van der Waals surface area contributed by atoms with Crippen LogP contribution in [0.2, 0.25) is 0 Å². The van der Waals surface area contributed by atoms with Crippen molar-refractivity contribution in [2.75, 3.05) is 0 Å². The number of halogens is 3. The van der Waals surface area contributed by atoms with Gasteiger partial charge in [-0.05, 0) is 28.1 Å². The van der Waals surface area contributed by atoms with E-state index in [0.717, 1.165) is 12.1 Å². The van der Waals surface area contributed by atoms with Crippen molar-refractivity contribution in [2.45, 2.75) is 6.43 Å². The summed E-state index contributed by atoms with van der Waals surface area (Å²) in [5, 5.41) is 8.49. The normalized spacial score (nSPS) is 10.5. The summed E-state index contributed by atoms with van der Waals surface area (Å²) in [6, 6.07) is 1.93. The van der Waals surface area contributed by atoms with Gasteiger partial charge >= 0.3 is 5.97 Å². The van der Waals surface area contributed by atoms with Crippen LogP contribution >= 0.6 is 15.9 Å². The van der Waals surface area contributed by atoms with Gasteiger partial charge in [-0.1, -0.05) is 0 Å². The number of carboxylic acid groups (broad SMARTS) is 1. The van der Waals surface area contributed by atoms with Gasteiger partial charge in [0.05, 0.1) is 0 Å². The highest BCUT2D eigenvalue weighted by Crippen LogP contribution is 2.22. The van der Waals surface area contributed by atoms with Crippen LogP contribution in [0.1, 0.15) is 22.5 Å². The monoisotopic (exact) mass is 251 g/mol. The van der Waals surface area contributed by atoms with Gasteiger partial charge < -0.3 is 5.11 Å². The van der Waals surface area contributed by atoms with Crippen molar-refractivity contribution in [3.05, 3.63) is 28.0 Å². The summed E-state index contributed by atoms with van der Waals surface area (Å²) in [6.07, 6.45) is -2.70. The minimum Gasteiger partial charge on any atom is -0.477 e. The Balaban J connectivity index is 3.19. The van der Waals surface area contributed by atoms with Gasteiger partial charge in [-0.3, -0.25) is 0 Å². The lowest BCUT2D eigenvalue weighted by Gasteiger charge is -2.01. The first-order chi connectivity index (χ1) is 6.00. The molecule has 0 aliphatic carbocycles. The molecule has 0 radical (unpaired) electrons. The van der Waals surface area contributed by atoms with E-state index >= 15 is 0 Å². The number of carbonyl (C=O) groups is 1. The molecule has 1 aromatic rings. The zero-order valence-corrected chi connectivity index (χ0v) is 7.75. The van der Waals surface area contributed by atoms with Gasteiger partial charge in [0, 0.05) is 5.56 Å². The number of hydrogen-bond donors (Lipinski definition) is 1. The highest BCUT2D eigenvalue weighted by molar-refractivity contribution is 9.10.